The van der Waals surface area contributed by atoms with Crippen LogP contribution < -0.4 is 4.74 Å². The van der Waals surface area contributed by atoms with Crippen LogP contribution >= 0.6 is 0 Å². The summed E-state index contributed by atoms with van der Waals surface area (Å²) in [6, 6.07) is 10.1. The van der Waals surface area contributed by atoms with Crippen LogP contribution in [-0.2, 0) is 6.54 Å². The zero-order valence-corrected chi connectivity index (χ0v) is 12.4. The Labute approximate surface area is 125 Å². The summed E-state index contributed by atoms with van der Waals surface area (Å²) >= 11 is 0. The van der Waals surface area contributed by atoms with E-state index in [0.717, 1.165) is 24.2 Å². The molecule has 1 atom stereocenters. The van der Waals surface area contributed by atoms with Gasteiger partial charge in [-0.25, -0.2) is 9.97 Å². The van der Waals surface area contributed by atoms with Crippen molar-refractivity contribution in [2.24, 2.45) is 0 Å². The molecule has 0 saturated carbocycles. The molecule has 1 heterocycles. The molecule has 0 amide bonds. The summed E-state index contributed by atoms with van der Waals surface area (Å²) in [5, 5.41) is 10.1. The number of ether oxygens (including phenoxy) is 1. The predicted molar refractivity (Wildman–Crippen MR) is 80.9 cm³/mol. The van der Waals surface area contributed by atoms with Crippen molar-refractivity contribution in [2.75, 3.05) is 20.7 Å². The van der Waals surface area contributed by atoms with Gasteiger partial charge in [0.05, 0.1) is 13.2 Å². The van der Waals surface area contributed by atoms with E-state index >= 15 is 0 Å². The summed E-state index contributed by atoms with van der Waals surface area (Å²) < 4.78 is 4.93. The summed E-state index contributed by atoms with van der Waals surface area (Å²) in [5.74, 6) is 0. The van der Waals surface area contributed by atoms with Crippen LogP contribution in [0.4, 0.5) is 0 Å². The average Bonchev–Trinajstić information content (AvgIpc) is 2.54. The van der Waals surface area contributed by atoms with Gasteiger partial charge in [-0.2, -0.15) is 0 Å². The lowest BCUT2D eigenvalue weighted by Crippen LogP contribution is -2.21. The van der Waals surface area contributed by atoms with Crippen molar-refractivity contribution >= 4 is 0 Å². The highest BCUT2D eigenvalue weighted by atomic mass is 16.5. The molecule has 1 aromatic carbocycles. The van der Waals surface area contributed by atoms with Crippen LogP contribution in [0.15, 0.2) is 42.7 Å². The first-order valence-electron chi connectivity index (χ1n) is 6.95. The molecule has 0 aliphatic heterocycles. The number of rotatable bonds is 7. The zero-order valence-electron chi connectivity index (χ0n) is 12.4. The van der Waals surface area contributed by atoms with Gasteiger partial charge in [0, 0.05) is 31.0 Å². The SMILES string of the molecule is COc1ncc(CN(C)CCC(O)c2ccccc2)cn1. The molecule has 0 bridgehead atoms. The van der Waals surface area contributed by atoms with Crippen molar-refractivity contribution in [3.05, 3.63) is 53.9 Å². The van der Waals surface area contributed by atoms with Gasteiger partial charge in [0.25, 0.3) is 0 Å². The van der Waals surface area contributed by atoms with Crippen LogP contribution in [-0.4, -0.2) is 40.7 Å². The quantitative estimate of drug-likeness (QED) is 0.844. The van der Waals surface area contributed by atoms with Crippen molar-refractivity contribution in [1.82, 2.24) is 14.9 Å². The number of aliphatic hydroxyl groups is 1. The number of methoxy groups -OCH3 is 1. The second kappa shape index (κ2) is 7.71. The molecule has 2 rings (SSSR count). The summed E-state index contributed by atoms with van der Waals surface area (Å²) in [5.41, 5.74) is 1.98. The van der Waals surface area contributed by atoms with E-state index < -0.39 is 6.10 Å². The zero-order chi connectivity index (χ0) is 15.1. The molecule has 0 saturated heterocycles. The Hall–Kier alpha value is -1.98. The lowest BCUT2D eigenvalue weighted by molar-refractivity contribution is 0.147. The van der Waals surface area contributed by atoms with Crippen molar-refractivity contribution < 1.29 is 9.84 Å². The molecule has 0 radical (unpaired) electrons. The summed E-state index contributed by atoms with van der Waals surface area (Å²) in [4.78, 5) is 10.3. The molecule has 0 fully saturated rings. The molecule has 1 aromatic heterocycles. The normalized spacial score (nSPS) is 12.4. The largest absolute Gasteiger partial charge is 0.467 e. The summed E-state index contributed by atoms with van der Waals surface area (Å²) in [6.07, 6.45) is 3.78. The van der Waals surface area contributed by atoms with E-state index in [-0.39, 0.29) is 0 Å². The van der Waals surface area contributed by atoms with Crippen molar-refractivity contribution in [3.63, 3.8) is 0 Å². The van der Waals surface area contributed by atoms with Gasteiger partial charge in [-0.1, -0.05) is 30.3 Å². The number of hydrogen-bond donors (Lipinski definition) is 1. The lowest BCUT2D eigenvalue weighted by Gasteiger charge is -2.19. The summed E-state index contributed by atoms with van der Waals surface area (Å²) in [7, 11) is 3.56. The van der Waals surface area contributed by atoms with Crippen LogP contribution in [0.3, 0.4) is 0 Å². The Kier molecular flexibility index (Phi) is 5.66. The number of aromatic nitrogens is 2. The van der Waals surface area contributed by atoms with Gasteiger partial charge in [-0.15, -0.1) is 0 Å². The minimum Gasteiger partial charge on any atom is -0.467 e. The first-order valence-corrected chi connectivity index (χ1v) is 6.95. The summed E-state index contributed by atoms with van der Waals surface area (Å²) in [6.45, 7) is 1.54. The number of nitrogens with zero attached hydrogens (tertiary/aromatic N) is 3. The molecular weight excluding hydrogens is 266 g/mol. The molecule has 1 N–H and O–H groups in total. The number of aliphatic hydroxyl groups excluding tert-OH is 1. The Morgan fingerprint density at radius 1 is 1.19 bits per heavy atom. The lowest BCUT2D eigenvalue weighted by atomic mass is 10.1. The van der Waals surface area contributed by atoms with Crippen LogP contribution in [0.5, 0.6) is 6.01 Å². The highest BCUT2D eigenvalue weighted by Gasteiger charge is 2.09. The molecule has 21 heavy (non-hydrogen) atoms. The first-order chi connectivity index (χ1) is 10.2. The Bertz CT molecular complexity index is 531. The second-order valence-electron chi connectivity index (χ2n) is 5.03. The maximum Gasteiger partial charge on any atom is 0.316 e. The van der Waals surface area contributed by atoms with Gasteiger partial charge in [0.1, 0.15) is 0 Å². The van der Waals surface area contributed by atoms with Gasteiger partial charge in [-0.3, -0.25) is 0 Å². The Balaban J connectivity index is 1.80. The fraction of sp³-hybridized carbons (Fsp3) is 0.375. The fourth-order valence-electron chi connectivity index (χ4n) is 2.11. The number of benzene rings is 1. The smallest absolute Gasteiger partial charge is 0.316 e. The van der Waals surface area contributed by atoms with E-state index in [1.807, 2.05) is 37.4 Å². The molecule has 0 spiro atoms. The van der Waals surface area contributed by atoms with Gasteiger partial charge < -0.3 is 14.7 Å². The number of hydrogen-bond acceptors (Lipinski definition) is 5. The highest BCUT2D eigenvalue weighted by molar-refractivity contribution is 5.17. The predicted octanol–water partition coefficient (Wildman–Crippen LogP) is 2.04. The first kappa shape index (κ1) is 15.4. The molecule has 0 aliphatic carbocycles. The van der Waals surface area contributed by atoms with E-state index in [1.54, 1.807) is 19.5 Å². The molecule has 2 aromatic rings. The topological polar surface area (TPSA) is 58.5 Å². The molecule has 112 valence electrons. The van der Waals surface area contributed by atoms with E-state index in [2.05, 4.69) is 14.9 Å². The van der Waals surface area contributed by atoms with Crippen molar-refractivity contribution in [1.29, 1.82) is 0 Å². The third-order valence-corrected chi connectivity index (χ3v) is 3.29. The average molecular weight is 287 g/mol. The third-order valence-electron chi connectivity index (χ3n) is 3.29. The van der Waals surface area contributed by atoms with Gasteiger partial charge in [0.15, 0.2) is 0 Å². The maximum atomic E-state index is 10.1. The van der Waals surface area contributed by atoms with Crippen LogP contribution in [0, 0.1) is 0 Å². The molecule has 0 aliphatic rings. The van der Waals surface area contributed by atoms with E-state index in [4.69, 9.17) is 4.74 Å². The standard InChI is InChI=1S/C16H21N3O2/c1-19(12-13-10-17-16(21-2)18-11-13)9-8-15(20)14-6-4-3-5-7-14/h3-7,10-11,15,20H,8-9,12H2,1-2H3. The van der Waals surface area contributed by atoms with Crippen LogP contribution in [0.1, 0.15) is 23.7 Å². The monoisotopic (exact) mass is 287 g/mol. The van der Waals surface area contributed by atoms with Gasteiger partial charge in [0.2, 0.25) is 0 Å². The van der Waals surface area contributed by atoms with Crippen LogP contribution in [0.2, 0.25) is 0 Å². The second-order valence-corrected chi connectivity index (χ2v) is 5.03. The molecule has 1 unspecified atom stereocenters. The van der Waals surface area contributed by atoms with Crippen molar-refractivity contribution in [2.45, 2.75) is 19.1 Å². The molecule has 5 heteroatoms. The minimum atomic E-state index is -0.430. The van der Waals surface area contributed by atoms with Gasteiger partial charge >= 0.3 is 6.01 Å². The van der Waals surface area contributed by atoms with Gasteiger partial charge in [-0.05, 0) is 19.0 Å². The molecule has 5 nitrogen and oxygen atoms in total. The van der Waals surface area contributed by atoms with Crippen molar-refractivity contribution in [3.8, 4) is 6.01 Å². The Morgan fingerprint density at radius 2 is 1.86 bits per heavy atom. The van der Waals surface area contributed by atoms with E-state index in [0.29, 0.717) is 12.4 Å². The molecular formula is C16H21N3O2. The van der Waals surface area contributed by atoms with E-state index in [9.17, 15) is 5.11 Å². The maximum absolute atomic E-state index is 10.1. The Morgan fingerprint density at radius 3 is 2.48 bits per heavy atom. The highest BCUT2D eigenvalue weighted by Crippen LogP contribution is 2.16. The minimum absolute atomic E-state index is 0.376. The van der Waals surface area contributed by atoms with Crippen LogP contribution in [0.25, 0.3) is 0 Å². The third kappa shape index (κ3) is 4.81. The fourth-order valence-corrected chi connectivity index (χ4v) is 2.11. The van der Waals surface area contributed by atoms with E-state index in [1.165, 1.54) is 0 Å².